The van der Waals surface area contributed by atoms with Crippen LogP contribution in [-0.2, 0) is 0 Å². The van der Waals surface area contributed by atoms with Gasteiger partial charge in [-0.15, -0.1) is 0 Å². The maximum atomic E-state index is 5.91. The highest BCUT2D eigenvalue weighted by atomic mass is 79.9. The van der Waals surface area contributed by atoms with Crippen molar-refractivity contribution in [1.29, 1.82) is 0 Å². The Bertz CT molecular complexity index is 301. The van der Waals surface area contributed by atoms with Gasteiger partial charge in [-0.05, 0) is 22.0 Å². The summed E-state index contributed by atoms with van der Waals surface area (Å²) in [5, 5.41) is 0. The highest BCUT2D eigenvalue weighted by molar-refractivity contribution is 9.10. The molecule has 0 bridgehead atoms. The molecular formula is C9H10BrNO. The van der Waals surface area contributed by atoms with E-state index in [0.717, 1.165) is 28.8 Å². The molecule has 0 spiro atoms. The molecule has 1 aliphatic heterocycles. The number of halogens is 1. The highest BCUT2D eigenvalue weighted by Crippen LogP contribution is 2.36. The van der Waals surface area contributed by atoms with Gasteiger partial charge in [0, 0.05) is 18.0 Å². The smallest absolute Gasteiger partial charge is 0.138 e. The summed E-state index contributed by atoms with van der Waals surface area (Å²) >= 11 is 3.43. The molecule has 64 valence electrons. The Morgan fingerprint density at radius 2 is 2.33 bits per heavy atom. The number of ether oxygens (including phenoxy) is 1. The van der Waals surface area contributed by atoms with Gasteiger partial charge in [0.15, 0.2) is 0 Å². The second kappa shape index (κ2) is 3.07. The Morgan fingerprint density at radius 1 is 1.50 bits per heavy atom. The zero-order chi connectivity index (χ0) is 8.55. The molecule has 1 atom stereocenters. The van der Waals surface area contributed by atoms with E-state index in [0.29, 0.717) is 0 Å². The molecule has 2 rings (SSSR count). The average Bonchev–Trinajstić information content (AvgIpc) is 2.07. The SMILES string of the molecule is N[C@H]1CCOc2c(Br)cccc21. The summed E-state index contributed by atoms with van der Waals surface area (Å²) in [6, 6.07) is 6.10. The van der Waals surface area contributed by atoms with Gasteiger partial charge in [-0.1, -0.05) is 12.1 Å². The molecule has 3 heteroatoms. The van der Waals surface area contributed by atoms with Gasteiger partial charge in [-0.2, -0.15) is 0 Å². The van der Waals surface area contributed by atoms with Gasteiger partial charge in [0.05, 0.1) is 11.1 Å². The summed E-state index contributed by atoms with van der Waals surface area (Å²) in [6.45, 7) is 0.719. The second-order valence-corrected chi connectivity index (χ2v) is 3.76. The van der Waals surface area contributed by atoms with Crippen molar-refractivity contribution in [3.05, 3.63) is 28.2 Å². The van der Waals surface area contributed by atoms with Gasteiger partial charge in [0.2, 0.25) is 0 Å². The first-order valence-corrected chi connectivity index (χ1v) is 4.75. The molecule has 1 heterocycles. The van der Waals surface area contributed by atoms with Gasteiger partial charge in [-0.3, -0.25) is 0 Å². The van der Waals surface area contributed by atoms with Crippen LogP contribution in [0.25, 0.3) is 0 Å². The minimum absolute atomic E-state index is 0.131. The van der Waals surface area contributed by atoms with E-state index in [1.54, 1.807) is 0 Å². The number of para-hydroxylation sites is 1. The molecule has 2 nitrogen and oxygen atoms in total. The fourth-order valence-corrected chi connectivity index (χ4v) is 1.91. The summed E-state index contributed by atoms with van der Waals surface area (Å²) in [6.07, 6.45) is 0.906. The van der Waals surface area contributed by atoms with Crippen LogP contribution in [0.15, 0.2) is 22.7 Å². The van der Waals surface area contributed by atoms with E-state index in [4.69, 9.17) is 10.5 Å². The highest BCUT2D eigenvalue weighted by Gasteiger charge is 2.19. The van der Waals surface area contributed by atoms with Gasteiger partial charge in [-0.25, -0.2) is 0 Å². The third-order valence-corrected chi connectivity index (χ3v) is 2.70. The molecule has 12 heavy (non-hydrogen) atoms. The molecule has 0 unspecified atom stereocenters. The first-order chi connectivity index (χ1) is 5.79. The van der Waals surface area contributed by atoms with Crippen LogP contribution in [0.3, 0.4) is 0 Å². The van der Waals surface area contributed by atoms with Crippen LogP contribution < -0.4 is 10.5 Å². The van der Waals surface area contributed by atoms with E-state index in [9.17, 15) is 0 Å². The molecular weight excluding hydrogens is 218 g/mol. The van der Waals surface area contributed by atoms with Gasteiger partial charge in [0.25, 0.3) is 0 Å². The minimum Gasteiger partial charge on any atom is -0.492 e. The fraction of sp³-hybridized carbons (Fsp3) is 0.333. The first kappa shape index (κ1) is 8.08. The van der Waals surface area contributed by atoms with Crippen molar-refractivity contribution in [2.75, 3.05) is 6.61 Å². The van der Waals surface area contributed by atoms with Crippen molar-refractivity contribution in [2.45, 2.75) is 12.5 Å². The molecule has 0 saturated carbocycles. The third kappa shape index (κ3) is 1.23. The molecule has 1 aromatic carbocycles. The molecule has 1 aromatic rings. The molecule has 0 amide bonds. The number of hydrogen-bond acceptors (Lipinski definition) is 2. The molecule has 0 saturated heterocycles. The summed E-state index contributed by atoms with van der Waals surface area (Å²) in [4.78, 5) is 0. The van der Waals surface area contributed by atoms with Gasteiger partial charge in [0.1, 0.15) is 5.75 Å². The van der Waals surface area contributed by atoms with Gasteiger partial charge >= 0.3 is 0 Å². The van der Waals surface area contributed by atoms with E-state index in [1.165, 1.54) is 0 Å². The van der Waals surface area contributed by atoms with Crippen LogP contribution in [0.1, 0.15) is 18.0 Å². The zero-order valence-corrected chi connectivity index (χ0v) is 8.17. The average molecular weight is 228 g/mol. The predicted molar refractivity (Wildman–Crippen MR) is 51.2 cm³/mol. The monoisotopic (exact) mass is 227 g/mol. The molecule has 0 radical (unpaired) electrons. The van der Waals surface area contributed by atoms with Crippen molar-refractivity contribution in [1.82, 2.24) is 0 Å². The Morgan fingerprint density at radius 3 is 3.08 bits per heavy atom. The number of rotatable bonds is 0. The van der Waals surface area contributed by atoms with Crippen molar-refractivity contribution in [3.8, 4) is 5.75 Å². The number of fused-ring (bicyclic) bond motifs is 1. The topological polar surface area (TPSA) is 35.2 Å². The molecule has 2 N–H and O–H groups in total. The van der Waals surface area contributed by atoms with E-state index in [2.05, 4.69) is 15.9 Å². The first-order valence-electron chi connectivity index (χ1n) is 3.96. The number of benzene rings is 1. The maximum Gasteiger partial charge on any atom is 0.138 e. The van der Waals surface area contributed by atoms with Crippen LogP contribution >= 0.6 is 15.9 Å². The number of nitrogens with two attached hydrogens (primary N) is 1. The molecule has 0 aliphatic carbocycles. The van der Waals surface area contributed by atoms with Crippen LogP contribution in [0, 0.1) is 0 Å². The van der Waals surface area contributed by atoms with E-state index in [-0.39, 0.29) is 6.04 Å². The Kier molecular flexibility index (Phi) is 2.07. The van der Waals surface area contributed by atoms with Crippen LogP contribution in [0.5, 0.6) is 5.75 Å². The van der Waals surface area contributed by atoms with Crippen molar-refractivity contribution >= 4 is 15.9 Å². The van der Waals surface area contributed by atoms with Crippen molar-refractivity contribution in [3.63, 3.8) is 0 Å². The lowest BCUT2D eigenvalue weighted by Crippen LogP contribution is -2.20. The lowest BCUT2D eigenvalue weighted by atomic mass is 10.0. The van der Waals surface area contributed by atoms with Crippen LogP contribution in [0.2, 0.25) is 0 Å². The van der Waals surface area contributed by atoms with Crippen LogP contribution in [-0.4, -0.2) is 6.61 Å². The maximum absolute atomic E-state index is 5.91. The summed E-state index contributed by atoms with van der Waals surface area (Å²) in [5.41, 5.74) is 7.02. The Hall–Kier alpha value is -0.540. The normalized spacial score (nSPS) is 21.3. The predicted octanol–water partition coefficient (Wildman–Crippen LogP) is 2.23. The van der Waals surface area contributed by atoms with E-state index in [1.807, 2.05) is 18.2 Å². The molecule has 0 fully saturated rings. The lowest BCUT2D eigenvalue weighted by Gasteiger charge is -2.23. The molecule has 0 aromatic heterocycles. The van der Waals surface area contributed by atoms with Crippen LogP contribution in [0.4, 0.5) is 0 Å². The summed E-state index contributed by atoms with van der Waals surface area (Å²) in [7, 11) is 0. The second-order valence-electron chi connectivity index (χ2n) is 2.90. The summed E-state index contributed by atoms with van der Waals surface area (Å²) < 4.78 is 6.49. The Labute approximate surface area is 79.8 Å². The fourth-order valence-electron chi connectivity index (χ4n) is 1.41. The lowest BCUT2D eigenvalue weighted by molar-refractivity contribution is 0.267. The van der Waals surface area contributed by atoms with Crippen molar-refractivity contribution < 1.29 is 4.74 Å². The largest absolute Gasteiger partial charge is 0.492 e. The molecule has 1 aliphatic rings. The number of hydrogen-bond donors (Lipinski definition) is 1. The van der Waals surface area contributed by atoms with Crippen molar-refractivity contribution in [2.24, 2.45) is 5.73 Å². The van der Waals surface area contributed by atoms with E-state index >= 15 is 0 Å². The zero-order valence-electron chi connectivity index (χ0n) is 6.59. The standard InChI is InChI=1S/C9H10BrNO/c10-7-3-1-2-6-8(11)4-5-12-9(6)7/h1-3,8H,4-5,11H2/t8-/m0/s1. The minimum atomic E-state index is 0.131. The Balaban J connectivity index is 2.52. The summed E-state index contributed by atoms with van der Waals surface area (Å²) in [5.74, 6) is 0.913. The quantitative estimate of drug-likeness (QED) is 0.738. The third-order valence-electron chi connectivity index (χ3n) is 2.07. The van der Waals surface area contributed by atoms with E-state index < -0.39 is 0 Å². The van der Waals surface area contributed by atoms with Gasteiger partial charge < -0.3 is 10.5 Å².